The van der Waals surface area contributed by atoms with Crippen molar-refractivity contribution in [3.05, 3.63) is 66.2 Å². The molecule has 28 heavy (non-hydrogen) atoms. The van der Waals surface area contributed by atoms with E-state index in [-0.39, 0.29) is 29.4 Å². The molecule has 0 aliphatic carbocycles. The van der Waals surface area contributed by atoms with E-state index in [1.54, 1.807) is 29.8 Å². The number of aromatic nitrogens is 2. The van der Waals surface area contributed by atoms with E-state index in [0.29, 0.717) is 12.1 Å². The molecular weight excluding hydrogens is 356 g/mol. The number of hydrogen-bond donors (Lipinski definition) is 1. The third-order valence-electron chi connectivity index (χ3n) is 4.92. The summed E-state index contributed by atoms with van der Waals surface area (Å²) in [5.74, 6) is -0.399. The monoisotopic (exact) mass is 378 g/mol. The van der Waals surface area contributed by atoms with Crippen LogP contribution in [0, 0.1) is 0 Å². The Labute approximate surface area is 162 Å². The van der Waals surface area contributed by atoms with Crippen LogP contribution in [0.1, 0.15) is 33.9 Å². The highest BCUT2D eigenvalue weighted by atomic mass is 16.5. The molecule has 1 N–H and O–H groups in total. The molecule has 1 unspecified atom stereocenters. The van der Waals surface area contributed by atoms with Gasteiger partial charge in [-0.25, -0.2) is 4.98 Å². The maximum atomic E-state index is 13.1. The van der Waals surface area contributed by atoms with Crippen LogP contribution in [0.25, 0.3) is 5.52 Å². The van der Waals surface area contributed by atoms with Crippen LogP contribution in [-0.2, 0) is 4.74 Å². The average Bonchev–Trinajstić information content (AvgIpc) is 3.39. The quantitative estimate of drug-likeness (QED) is 0.740. The predicted octanol–water partition coefficient (Wildman–Crippen LogP) is 2.52. The number of imidazole rings is 1. The van der Waals surface area contributed by atoms with Crippen LogP contribution in [0.4, 0.5) is 5.69 Å². The highest BCUT2D eigenvalue weighted by Crippen LogP contribution is 2.19. The van der Waals surface area contributed by atoms with Crippen LogP contribution in [-0.4, -0.2) is 47.5 Å². The summed E-state index contributed by atoms with van der Waals surface area (Å²) in [4.78, 5) is 31.7. The van der Waals surface area contributed by atoms with Gasteiger partial charge in [0.05, 0.1) is 11.6 Å². The lowest BCUT2D eigenvalue weighted by atomic mass is 10.2. The van der Waals surface area contributed by atoms with Crippen LogP contribution in [0.15, 0.2) is 54.7 Å². The maximum Gasteiger partial charge on any atom is 0.287 e. The number of ether oxygens (including phenoxy) is 1. The van der Waals surface area contributed by atoms with Crippen molar-refractivity contribution in [1.82, 2.24) is 14.7 Å². The van der Waals surface area contributed by atoms with Crippen LogP contribution < -0.4 is 10.2 Å². The van der Waals surface area contributed by atoms with Gasteiger partial charge in [0, 0.05) is 32.1 Å². The molecule has 1 aliphatic heterocycles. The Kier molecular flexibility index (Phi) is 5.08. The minimum Gasteiger partial charge on any atom is -0.376 e. The molecule has 7 heteroatoms. The van der Waals surface area contributed by atoms with Crippen LogP contribution in [0.2, 0.25) is 0 Å². The SMILES string of the molecule is CN(C(=O)c1nc(C(=O)NCC2CCCO2)n2ccccc12)c1ccccc1. The van der Waals surface area contributed by atoms with E-state index >= 15 is 0 Å². The normalized spacial score (nSPS) is 16.2. The molecule has 0 spiro atoms. The molecule has 1 atom stereocenters. The Hall–Kier alpha value is -3.19. The molecule has 1 saturated heterocycles. The van der Waals surface area contributed by atoms with Crippen molar-refractivity contribution in [2.45, 2.75) is 18.9 Å². The fourth-order valence-corrected chi connectivity index (χ4v) is 3.37. The van der Waals surface area contributed by atoms with Crippen molar-refractivity contribution in [1.29, 1.82) is 0 Å². The number of fused-ring (bicyclic) bond motifs is 1. The van der Waals surface area contributed by atoms with Crippen molar-refractivity contribution in [2.75, 3.05) is 25.1 Å². The van der Waals surface area contributed by atoms with Crippen molar-refractivity contribution in [2.24, 2.45) is 0 Å². The van der Waals surface area contributed by atoms with Gasteiger partial charge < -0.3 is 15.0 Å². The minimum atomic E-state index is -0.321. The highest BCUT2D eigenvalue weighted by molar-refractivity contribution is 6.10. The van der Waals surface area contributed by atoms with Gasteiger partial charge in [-0.3, -0.25) is 14.0 Å². The summed E-state index contributed by atoms with van der Waals surface area (Å²) in [6, 6.07) is 14.8. The van der Waals surface area contributed by atoms with Crippen LogP contribution >= 0.6 is 0 Å². The van der Waals surface area contributed by atoms with Gasteiger partial charge in [0.1, 0.15) is 0 Å². The first-order valence-corrected chi connectivity index (χ1v) is 9.35. The van der Waals surface area contributed by atoms with Crippen molar-refractivity contribution in [3.63, 3.8) is 0 Å². The number of rotatable bonds is 5. The first-order valence-electron chi connectivity index (χ1n) is 9.35. The molecule has 4 rings (SSSR count). The number of para-hydroxylation sites is 1. The lowest BCUT2D eigenvalue weighted by Gasteiger charge is -2.16. The molecule has 7 nitrogen and oxygen atoms in total. The average molecular weight is 378 g/mol. The highest BCUT2D eigenvalue weighted by Gasteiger charge is 2.25. The molecule has 2 amide bonds. The zero-order valence-corrected chi connectivity index (χ0v) is 15.7. The number of carbonyl (C=O) groups is 2. The lowest BCUT2D eigenvalue weighted by Crippen LogP contribution is -2.33. The Morgan fingerprint density at radius 2 is 2.00 bits per heavy atom. The summed E-state index contributed by atoms with van der Waals surface area (Å²) >= 11 is 0. The van der Waals surface area contributed by atoms with E-state index in [1.807, 2.05) is 36.4 Å². The Morgan fingerprint density at radius 1 is 1.21 bits per heavy atom. The van der Waals surface area contributed by atoms with Gasteiger partial charge in [0.2, 0.25) is 5.82 Å². The second-order valence-corrected chi connectivity index (χ2v) is 6.78. The van der Waals surface area contributed by atoms with Crippen LogP contribution in [0.5, 0.6) is 0 Å². The van der Waals surface area contributed by atoms with Crippen molar-refractivity contribution >= 4 is 23.0 Å². The third-order valence-corrected chi connectivity index (χ3v) is 4.92. The molecule has 1 aromatic carbocycles. The second kappa shape index (κ2) is 7.82. The summed E-state index contributed by atoms with van der Waals surface area (Å²) in [5.41, 5.74) is 1.60. The molecule has 1 aliphatic rings. The first-order chi connectivity index (χ1) is 13.6. The molecule has 1 fully saturated rings. The fraction of sp³-hybridized carbons (Fsp3) is 0.286. The van der Waals surface area contributed by atoms with E-state index in [9.17, 15) is 9.59 Å². The third kappa shape index (κ3) is 3.48. The van der Waals surface area contributed by atoms with E-state index in [4.69, 9.17) is 4.74 Å². The van der Waals surface area contributed by atoms with Gasteiger partial charge in [-0.05, 0) is 37.1 Å². The summed E-state index contributed by atoms with van der Waals surface area (Å²) in [6.07, 6.45) is 3.73. The fourth-order valence-electron chi connectivity index (χ4n) is 3.37. The summed E-state index contributed by atoms with van der Waals surface area (Å²) < 4.78 is 7.20. The molecule has 3 aromatic rings. The summed E-state index contributed by atoms with van der Waals surface area (Å²) in [5, 5.41) is 2.87. The van der Waals surface area contributed by atoms with Gasteiger partial charge >= 0.3 is 0 Å². The molecular formula is C21H22N4O3. The van der Waals surface area contributed by atoms with E-state index in [1.165, 1.54) is 4.90 Å². The molecule has 2 aromatic heterocycles. The van der Waals surface area contributed by atoms with E-state index in [2.05, 4.69) is 10.3 Å². The van der Waals surface area contributed by atoms with Gasteiger partial charge in [0.15, 0.2) is 5.69 Å². The van der Waals surface area contributed by atoms with Gasteiger partial charge in [0.25, 0.3) is 11.8 Å². The van der Waals surface area contributed by atoms with Crippen molar-refractivity contribution < 1.29 is 14.3 Å². The van der Waals surface area contributed by atoms with Crippen LogP contribution in [0.3, 0.4) is 0 Å². The zero-order valence-electron chi connectivity index (χ0n) is 15.7. The second-order valence-electron chi connectivity index (χ2n) is 6.78. The van der Waals surface area contributed by atoms with E-state index in [0.717, 1.165) is 25.1 Å². The molecule has 0 saturated carbocycles. The number of anilines is 1. The summed E-state index contributed by atoms with van der Waals surface area (Å²) in [6.45, 7) is 1.17. The Balaban J connectivity index is 1.62. The Bertz CT molecular complexity index is 993. The number of nitrogens with zero attached hydrogens (tertiary/aromatic N) is 3. The summed E-state index contributed by atoms with van der Waals surface area (Å²) in [7, 11) is 1.70. The van der Waals surface area contributed by atoms with E-state index < -0.39 is 0 Å². The standard InChI is InChI=1S/C21H22N4O3/c1-24(15-8-3-2-4-9-15)21(27)18-17-11-5-6-12-25(17)19(23-18)20(26)22-14-16-10-7-13-28-16/h2-6,8-9,11-12,16H,7,10,13-14H2,1H3,(H,22,26). The molecule has 3 heterocycles. The number of amides is 2. The molecule has 144 valence electrons. The number of pyridine rings is 1. The van der Waals surface area contributed by atoms with Gasteiger partial charge in [-0.15, -0.1) is 0 Å². The molecule has 0 radical (unpaired) electrons. The molecule has 0 bridgehead atoms. The predicted molar refractivity (Wildman–Crippen MR) is 106 cm³/mol. The maximum absolute atomic E-state index is 13.1. The minimum absolute atomic E-state index is 0.0421. The zero-order chi connectivity index (χ0) is 19.5. The lowest BCUT2D eigenvalue weighted by molar-refractivity contribution is 0.0848. The van der Waals surface area contributed by atoms with Gasteiger partial charge in [-0.2, -0.15) is 0 Å². The number of nitrogens with one attached hydrogen (secondary N) is 1. The largest absolute Gasteiger partial charge is 0.376 e. The topological polar surface area (TPSA) is 75.9 Å². The first kappa shape index (κ1) is 18.2. The number of benzene rings is 1. The Morgan fingerprint density at radius 3 is 2.75 bits per heavy atom. The smallest absolute Gasteiger partial charge is 0.287 e. The number of carbonyl (C=O) groups excluding carboxylic acids is 2. The number of hydrogen-bond acceptors (Lipinski definition) is 4. The van der Waals surface area contributed by atoms with Crippen molar-refractivity contribution in [3.8, 4) is 0 Å². The van der Waals surface area contributed by atoms with Gasteiger partial charge in [-0.1, -0.05) is 24.3 Å².